The van der Waals surface area contributed by atoms with Gasteiger partial charge in [-0.05, 0) is 35.9 Å². The molecule has 0 radical (unpaired) electrons. The van der Waals surface area contributed by atoms with Gasteiger partial charge in [0, 0.05) is 19.8 Å². The molecule has 1 aromatic heterocycles. The summed E-state index contributed by atoms with van der Waals surface area (Å²) in [6, 6.07) is 5.82. The Morgan fingerprint density at radius 3 is 2.33 bits per heavy atom. The van der Waals surface area contributed by atoms with E-state index >= 15 is 0 Å². The Morgan fingerprint density at radius 1 is 1.24 bits per heavy atom. The fourth-order valence-electron chi connectivity index (χ4n) is 1.40. The molecule has 10 heteroatoms. The van der Waals surface area contributed by atoms with E-state index < -0.39 is 15.9 Å². The number of halogens is 1. The monoisotopic (exact) mass is 346 g/mol. The molecule has 0 aliphatic rings. The number of rotatable bonds is 4. The van der Waals surface area contributed by atoms with E-state index in [1.165, 1.54) is 38.4 Å². The first-order valence-electron chi connectivity index (χ1n) is 5.63. The minimum Gasteiger partial charge on any atom is -0.320 e. The van der Waals surface area contributed by atoms with Crippen molar-refractivity contribution in [1.82, 2.24) is 14.5 Å². The van der Waals surface area contributed by atoms with E-state index in [0.29, 0.717) is 5.69 Å². The van der Waals surface area contributed by atoms with Gasteiger partial charge in [-0.2, -0.15) is 0 Å². The number of sulfonamides is 1. The second-order valence-corrected chi connectivity index (χ2v) is 7.84. The fourth-order valence-corrected chi connectivity index (χ4v) is 3.03. The Morgan fingerprint density at radius 2 is 1.86 bits per heavy atom. The number of aromatic nitrogens is 2. The average Bonchev–Trinajstić information content (AvgIpc) is 2.86. The van der Waals surface area contributed by atoms with Crippen molar-refractivity contribution in [2.75, 3.05) is 19.4 Å². The number of anilines is 1. The number of amides is 1. The van der Waals surface area contributed by atoms with Crippen molar-refractivity contribution in [3.05, 3.63) is 33.7 Å². The number of hydrogen-bond acceptors (Lipinski definition) is 6. The second kappa shape index (κ2) is 6.06. The lowest BCUT2D eigenvalue weighted by atomic mass is 10.3. The Balaban J connectivity index is 2.15. The quantitative estimate of drug-likeness (QED) is 0.909. The van der Waals surface area contributed by atoms with Gasteiger partial charge in [0.25, 0.3) is 5.91 Å². The van der Waals surface area contributed by atoms with Gasteiger partial charge in [-0.1, -0.05) is 11.3 Å². The van der Waals surface area contributed by atoms with E-state index in [1.54, 1.807) is 0 Å². The molecule has 1 amide bonds. The number of carbonyl (C=O) groups excluding carboxylic acids is 1. The summed E-state index contributed by atoms with van der Waals surface area (Å²) in [5.41, 5.74) is 0.448. The van der Waals surface area contributed by atoms with Crippen LogP contribution in [0.4, 0.5) is 5.69 Å². The molecular formula is C11H11ClN4O3S2. The maximum absolute atomic E-state index is 11.9. The zero-order chi connectivity index (χ0) is 15.6. The van der Waals surface area contributed by atoms with E-state index in [-0.39, 0.29) is 14.4 Å². The SMILES string of the molecule is CN(C)S(=O)(=O)c1ccc(NC(=O)c2nnc(Cl)s2)cc1. The van der Waals surface area contributed by atoms with Crippen molar-refractivity contribution < 1.29 is 13.2 Å². The summed E-state index contributed by atoms with van der Waals surface area (Å²) < 4.78 is 25.1. The standard InChI is InChI=1S/C11H11ClN4O3S2/c1-16(2)21(18,19)8-5-3-7(4-6-8)13-9(17)10-14-15-11(12)20-10/h3-6H,1-2H3,(H,13,17). The van der Waals surface area contributed by atoms with Crippen LogP contribution in [0.25, 0.3) is 0 Å². The van der Waals surface area contributed by atoms with Crippen LogP contribution in [0.5, 0.6) is 0 Å². The highest BCUT2D eigenvalue weighted by molar-refractivity contribution is 7.89. The highest BCUT2D eigenvalue weighted by Gasteiger charge is 2.17. The van der Waals surface area contributed by atoms with Crippen LogP contribution in [0.15, 0.2) is 29.2 Å². The van der Waals surface area contributed by atoms with Crippen LogP contribution >= 0.6 is 22.9 Å². The van der Waals surface area contributed by atoms with Crippen LogP contribution in [0.2, 0.25) is 4.47 Å². The Hall–Kier alpha value is -1.55. The van der Waals surface area contributed by atoms with Crippen molar-refractivity contribution in [3.8, 4) is 0 Å². The van der Waals surface area contributed by atoms with Crippen LogP contribution in [-0.2, 0) is 10.0 Å². The minimum atomic E-state index is -3.49. The average molecular weight is 347 g/mol. The van der Waals surface area contributed by atoms with Gasteiger partial charge in [0.05, 0.1) is 4.90 Å². The van der Waals surface area contributed by atoms with Gasteiger partial charge in [-0.15, -0.1) is 10.2 Å². The lowest BCUT2D eigenvalue weighted by Gasteiger charge is -2.11. The van der Waals surface area contributed by atoms with Crippen molar-refractivity contribution in [2.45, 2.75) is 4.90 Å². The molecule has 1 heterocycles. The number of benzene rings is 1. The molecule has 0 saturated carbocycles. The van der Waals surface area contributed by atoms with Crippen LogP contribution in [0.1, 0.15) is 9.80 Å². The third-order valence-corrected chi connectivity index (χ3v) is 5.33. The molecule has 0 saturated heterocycles. The zero-order valence-corrected chi connectivity index (χ0v) is 13.5. The summed E-state index contributed by atoms with van der Waals surface area (Å²) >= 11 is 6.56. The molecule has 1 aromatic carbocycles. The Labute approximate surface area is 130 Å². The molecule has 1 N–H and O–H groups in total. The van der Waals surface area contributed by atoms with Gasteiger partial charge >= 0.3 is 0 Å². The van der Waals surface area contributed by atoms with Gasteiger partial charge in [0.15, 0.2) is 0 Å². The summed E-state index contributed by atoms with van der Waals surface area (Å²) in [5, 5.41) is 9.86. The molecule has 2 aromatic rings. The van der Waals surface area contributed by atoms with E-state index in [1.807, 2.05) is 0 Å². The van der Waals surface area contributed by atoms with Gasteiger partial charge in [0.2, 0.25) is 19.5 Å². The lowest BCUT2D eigenvalue weighted by Crippen LogP contribution is -2.22. The maximum Gasteiger partial charge on any atom is 0.286 e. The van der Waals surface area contributed by atoms with Gasteiger partial charge < -0.3 is 5.32 Å². The van der Waals surface area contributed by atoms with Crippen LogP contribution in [0.3, 0.4) is 0 Å². The van der Waals surface area contributed by atoms with Crippen LogP contribution in [-0.4, -0.2) is 42.9 Å². The summed E-state index contributed by atoms with van der Waals surface area (Å²) in [6.45, 7) is 0. The van der Waals surface area contributed by atoms with Crippen molar-refractivity contribution in [3.63, 3.8) is 0 Å². The molecule has 0 fully saturated rings. The van der Waals surface area contributed by atoms with Crippen molar-refractivity contribution in [1.29, 1.82) is 0 Å². The number of carbonyl (C=O) groups is 1. The van der Waals surface area contributed by atoms with Gasteiger partial charge in [-0.25, -0.2) is 12.7 Å². The third kappa shape index (κ3) is 3.56. The fraction of sp³-hybridized carbons (Fsp3) is 0.182. The third-order valence-electron chi connectivity index (χ3n) is 2.49. The number of nitrogens with one attached hydrogen (secondary N) is 1. The van der Waals surface area contributed by atoms with Crippen LogP contribution in [0, 0.1) is 0 Å². The van der Waals surface area contributed by atoms with Crippen molar-refractivity contribution >= 4 is 44.6 Å². The Bertz CT molecular complexity index is 756. The first-order chi connectivity index (χ1) is 9.80. The first kappa shape index (κ1) is 15.8. The molecule has 2 rings (SSSR count). The summed E-state index contributed by atoms with van der Waals surface area (Å²) in [7, 11) is -0.591. The number of nitrogens with zero attached hydrogens (tertiary/aromatic N) is 3. The smallest absolute Gasteiger partial charge is 0.286 e. The molecule has 0 atom stereocenters. The molecule has 7 nitrogen and oxygen atoms in total. The van der Waals surface area contributed by atoms with E-state index in [0.717, 1.165) is 15.6 Å². The topological polar surface area (TPSA) is 92.3 Å². The van der Waals surface area contributed by atoms with Gasteiger partial charge in [-0.3, -0.25) is 4.79 Å². The predicted octanol–water partition coefficient (Wildman–Crippen LogP) is 1.69. The first-order valence-corrected chi connectivity index (χ1v) is 8.27. The molecule has 21 heavy (non-hydrogen) atoms. The minimum absolute atomic E-state index is 0.130. The summed E-state index contributed by atoms with van der Waals surface area (Å²) in [4.78, 5) is 12.0. The number of hydrogen-bond donors (Lipinski definition) is 1. The maximum atomic E-state index is 11.9. The lowest BCUT2D eigenvalue weighted by molar-refractivity contribution is 0.102. The molecule has 0 aliphatic heterocycles. The molecular weight excluding hydrogens is 336 g/mol. The largest absolute Gasteiger partial charge is 0.320 e. The highest BCUT2D eigenvalue weighted by Crippen LogP contribution is 2.19. The molecule has 112 valence electrons. The second-order valence-electron chi connectivity index (χ2n) is 4.13. The summed E-state index contributed by atoms with van der Waals surface area (Å²) in [5.74, 6) is -0.456. The van der Waals surface area contributed by atoms with E-state index in [2.05, 4.69) is 15.5 Å². The van der Waals surface area contributed by atoms with Crippen LogP contribution < -0.4 is 5.32 Å². The molecule has 0 bridgehead atoms. The van der Waals surface area contributed by atoms with Crippen molar-refractivity contribution in [2.24, 2.45) is 0 Å². The predicted molar refractivity (Wildman–Crippen MR) is 80.2 cm³/mol. The Kier molecular flexibility index (Phi) is 4.57. The van der Waals surface area contributed by atoms with Gasteiger partial charge in [0.1, 0.15) is 0 Å². The summed E-state index contributed by atoms with van der Waals surface area (Å²) in [6.07, 6.45) is 0. The van der Waals surface area contributed by atoms with E-state index in [9.17, 15) is 13.2 Å². The normalized spacial score (nSPS) is 11.6. The molecule has 0 aliphatic carbocycles. The highest BCUT2D eigenvalue weighted by atomic mass is 35.5. The molecule has 0 unspecified atom stereocenters. The zero-order valence-electron chi connectivity index (χ0n) is 11.1. The van der Waals surface area contributed by atoms with E-state index in [4.69, 9.17) is 11.6 Å². The molecule has 0 spiro atoms.